The Bertz CT molecular complexity index is 57.0. The van der Waals surface area contributed by atoms with Gasteiger partial charge in [0.2, 0.25) is 0 Å². The highest BCUT2D eigenvalue weighted by Gasteiger charge is 2.10. The van der Waals surface area contributed by atoms with Crippen LogP contribution in [0.1, 0.15) is 34.1 Å². The molecular weight excluding hydrogens is 134 g/mol. The fourth-order valence-corrected chi connectivity index (χ4v) is 0.671. The predicted molar refractivity (Wildman–Crippen MR) is 53.5 cm³/mol. The zero-order valence-corrected chi connectivity index (χ0v) is 8.98. The largest absolute Gasteiger partial charge is 0.327 e. The number of hydrogen-bond donors (Lipinski definition) is 0. The van der Waals surface area contributed by atoms with Crippen LogP contribution in [-0.2, 0) is 0 Å². The fourth-order valence-electron chi connectivity index (χ4n) is 0.671. The molecule has 1 nitrogen and oxygen atoms in total. The Morgan fingerprint density at radius 1 is 0.909 bits per heavy atom. The highest BCUT2D eigenvalue weighted by molar-refractivity contribution is 4.24. The van der Waals surface area contributed by atoms with E-state index >= 15 is 0 Å². The van der Waals surface area contributed by atoms with Gasteiger partial charge in [-0.05, 0) is 20.8 Å². The first kappa shape index (κ1) is 13.5. The maximum absolute atomic E-state index is 3.49. The predicted octanol–water partition coefficient (Wildman–Crippen LogP) is 2.72. The molecule has 1 radical (unpaired) electrons. The van der Waals surface area contributed by atoms with Crippen molar-refractivity contribution in [2.45, 2.75) is 34.1 Å². The maximum atomic E-state index is 3.49. The van der Waals surface area contributed by atoms with Crippen LogP contribution >= 0.6 is 0 Å². The molecule has 0 heterocycles. The van der Waals surface area contributed by atoms with E-state index < -0.39 is 0 Å². The second-order valence-electron chi connectivity index (χ2n) is 3.07. The lowest BCUT2D eigenvalue weighted by molar-refractivity contribution is -0.904. The van der Waals surface area contributed by atoms with Gasteiger partial charge in [-0.1, -0.05) is 20.3 Å². The molecule has 0 N–H and O–H groups in total. The van der Waals surface area contributed by atoms with Crippen LogP contribution < -0.4 is 0 Å². The molecule has 0 aliphatic rings. The molecule has 0 bridgehead atoms. The smallest absolute Gasteiger partial charge is 0.0755 e. The van der Waals surface area contributed by atoms with Crippen molar-refractivity contribution >= 4 is 0 Å². The van der Waals surface area contributed by atoms with Gasteiger partial charge in [-0.15, -0.1) is 0 Å². The van der Waals surface area contributed by atoms with Crippen LogP contribution in [0.15, 0.2) is 0 Å². The van der Waals surface area contributed by atoms with Crippen molar-refractivity contribution in [3.63, 3.8) is 0 Å². The molecule has 0 aromatic rings. The summed E-state index contributed by atoms with van der Waals surface area (Å²) < 4.78 is 1.21. The first-order chi connectivity index (χ1) is 5.10. The summed E-state index contributed by atoms with van der Waals surface area (Å²) in [6.45, 7) is 16.0. The Balaban J connectivity index is 0. The minimum Gasteiger partial charge on any atom is -0.327 e. The average Bonchev–Trinajstić information content (AvgIpc) is 2.05. The van der Waals surface area contributed by atoms with E-state index in [-0.39, 0.29) is 0 Å². The van der Waals surface area contributed by atoms with Gasteiger partial charge in [0.1, 0.15) is 0 Å². The van der Waals surface area contributed by atoms with Crippen LogP contribution in [0, 0.1) is 6.92 Å². The summed E-state index contributed by atoms with van der Waals surface area (Å²) in [5.74, 6) is 0. The number of hydrogen-bond acceptors (Lipinski definition) is 0. The first-order valence-corrected chi connectivity index (χ1v) is 4.72. The molecule has 0 rings (SSSR count). The van der Waals surface area contributed by atoms with Gasteiger partial charge >= 0.3 is 0 Å². The minimum absolute atomic E-state index is 1.00. The average molecular weight is 159 g/mol. The summed E-state index contributed by atoms with van der Waals surface area (Å²) in [5.41, 5.74) is 0. The Morgan fingerprint density at radius 2 is 1.09 bits per heavy atom. The summed E-state index contributed by atoms with van der Waals surface area (Å²) in [5, 5.41) is 0. The topological polar surface area (TPSA) is 0 Å². The van der Waals surface area contributed by atoms with E-state index in [0.29, 0.717) is 0 Å². The molecule has 0 aliphatic heterocycles. The monoisotopic (exact) mass is 159 g/mol. The molecule has 0 unspecified atom stereocenters. The van der Waals surface area contributed by atoms with Crippen LogP contribution in [0.2, 0.25) is 0 Å². The van der Waals surface area contributed by atoms with Gasteiger partial charge in [0.05, 0.1) is 26.7 Å². The lowest BCUT2D eigenvalue weighted by Gasteiger charge is -2.30. The van der Waals surface area contributed by atoms with Gasteiger partial charge in [0.15, 0.2) is 0 Å². The van der Waals surface area contributed by atoms with Gasteiger partial charge in [0, 0.05) is 0 Å². The SMILES string of the molecule is CC[N+](C)(CC)CC.[CH2]CC. The van der Waals surface area contributed by atoms with Crippen molar-refractivity contribution in [3.05, 3.63) is 6.92 Å². The zero-order valence-electron chi connectivity index (χ0n) is 8.98. The van der Waals surface area contributed by atoms with Gasteiger partial charge in [-0.3, -0.25) is 0 Å². The second kappa shape index (κ2) is 8.06. The standard InChI is InChI=1S/C7H18N.C3H7/c1-5-8(4,6-2)7-3;1-3-2/h5-7H2,1-4H3;1,3H2,2H3/q+1;. The molecule has 0 atom stereocenters. The number of nitrogens with zero attached hydrogens (tertiary/aromatic N) is 1. The molecular formula is C10H25N+. The molecule has 0 saturated heterocycles. The second-order valence-corrected chi connectivity index (χ2v) is 3.07. The van der Waals surface area contributed by atoms with E-state index in [0.717, 1.165) is 6.42 Å². The third-order valence-electron chi connectivity index (χ3n) is 2.29. The van der Waals surface area contributed by atoms with Crippen LogP contribution in [-0.4, -0.2) is 31.2 Å². The number of rotatable bonds is 3. The van der Waals surface area contributed by atoms with Gasteiger partial charge in [-0.2, -0.15) is 0 Å². The van der Waals surface area contributed by atoms with Crippen molar-refractivity contribution in [2.24, 2.45) is 0 Å². The van der Waals surface area contributed by atoms with E-state index in [1.807, 2.05) is 6.92 Å². The first-order valence-electron chi connectivity index (χ1n) is 4.72. The molecule has 0 spiro atoms. The molecule has 0 saturated carbocycles. The Labute approximate surface area is 73.0 Å². The van der Waals surface area contributed by atoms with Gasteiger partial charge in [0.25, 0.3) is 0 Å². The summed E-state index contributed by atoms with van der Waals surface area (Å²) >= 11 is 0. The molecule has 0 fully saturated rings. The van der Waals surface area contributed by atoms with Crippen LogP contribution in [0.5, 0.6) is 0 Å². The molecule has 1 heteroatoms. The van der Waals surface area contributed by atoms with E-state index in [1.165, 1.54) is 24.1 Å². The molecule has 0 amide bonds. The van der Waals surface area contributed by atoms with Crippen molar-refractivity contribution < 1.29 is 4.48 Å². The van der Waals surface area contributed by atoms with Crippen molar-refractivity contribution in [2.75, 3.05) is 26.7 Å². The third-order valence-corrected chi connectivity index (χ3v) is 2.29. The summed E-state index contributed by atoms with van der Waals surface area (Å²) in [4.78, 5) is 0. The summed E-state index contributed by atoms with van der Waals surface area (Å²) in [7, 11) is 2.29. The normalized spacial score (nSPS) is 10.4. The van der Waals surface area contributed by atoms with E-state index in [9.17, 15) is 0 Å². The maximum Gasteiger partial charge on any atom is 0.0755 e. The minimum atomic E-state index is 1.00. The quantitative estimate of drug-likeness (QED) is 0.555. The Hall–Kier alpha value is -0.0400. The zero-order chi connectivity index (χ0) is 9.33. The lowest BCUT2D eigenvalue weighted by atomic mass is 10.4. The van der Waals surface area contributed by atoms with Crippen LogP contribution in [0.25, 0.3) is 0 Å². The third kappa shape index (κ3) is 7.86. The van der Waals surface area contributed by atoms with E-state index in [2.05, 4.69) is 34.7 Å². The highest BCUT2D eigenvalue weighted by Crippen LogP contribution is 1.97. The van der Waals surface area contributed by atoms with Crippen molar-refractivity contribution in [1.29, 1.82) is 0 Å². The van der Waals surface area contributed by atoms with Crippen LogP contribution in [0.3, 0.4) is 0 Å². The fraction of sp³-hybridized carbons (Fsp3) is 0.900. The molecule has 0 aromatic carbocycles. The van der Waals surface area contributed by atoms with Gasteiger partial charge < -0.3 is 4.48 Å². The highest BCUT2D eigenvalue weighted by atomic mass is 15.3. The van der Waals surface area contributed by atoms with E-state index in [1.54, 1.807) is 0 Å². The summed E-state index contributed by atoms with van der Waals surface area (Å²) in [6.07, 6.45) is 1.00. The summed E-state index contributed by atoms with van der Waals surface area (Å²) in [6, 6.07) is 0. The molecule has 69 valence electrons. The molecule has 11 heavy (non-hydrogen) atoms. The van der Waals surface area contributed by atoms with Crippen LogP contribution in [0.4, 0.5) is 0 Å². The Kier molecular flexibility index (Phi) is 9.92. The lowest BCUT2D eigenvalue weighted by Crippen LogP contribution is -2.42. The molecule has 0 aliphatic carbocycles. The van der Waals surface area contributed by atoms with Crippen molar-refractivity contribution in [1.82, 2.24) is 0 Å². The van der Waals surface area contributed by atoms with Crippen molar-refractivity contribution in [3.8, 4) is 0 Å². The molecule has 0 aromatic heterocycles. The Morgan fingerprint density at radius 3 is 1.09 bits per heavy atom. The number of quaternary nitrogens is 1. The van der Waals surface area contributed by atoms with Gasteiger partial charge in [-0.25, -0.2) is 0 Å². The van der Waals surface area contributed by atoms with E-state index in [4.69, 9.17) is 0 Å².